The normalized spacial score (nSPS) is 10.7. The molecule has 0 saturated carbocycles. The van der Waals surface area contributed by atoms with E-state index in [9.17, 15) is 33.9 Å². The van der Waals surface area contributed by atoms with Crippen LogP contribution >= 0.6 is 0 Å². The highest BCUT2D eigenvalue weighted by molar-refractivity contribution is 5.98. The van der Waals surface area contributed by atoms with Crippen molar-refractivity contribution in [3.8, 4) is 22.9 Å². The smallest absolute Gasteiger partial charge is 0.416 e. The Balaban J connectivity index is 2.36. The maximum Gasteiger partial charge on any atom is 0.416 e. The number of para-hydroxylation sites is 1. The molecule has 1 heterocycles. The van der Waals surface area contributed by atoms with Gasteiger partial charge in [0.05, 0.1) is 11.4 Å². The first-order chi connectivity index (χ1) is 22.4. The number of rotatable bonds is 15. The number of amides is 1. The number of anilines is 3. The Kier molecular flexibility index (Phi) is 12.9. The summed E-state index contributed by atoms with van der Waals surface area (Å²) in [7, 11) is 1.16. The molecule has 0 atom stereocenters. The maximum atomic E-state index is 13.5. The van der Waals surface area contributed by atoms with Gasteiger partial charge >= 0.3 is 29.7 Å². The van der Waals surface area contributed by atoms with Gasteiger partial charge in [0, 0.05) is 38.4 Å². The SMILES string of the molecule is CCCCC(=O)Oc1cc(N(C(=O)O)c2c(N)n(-c3ccccc3)c(=O)n(C)c2=O)cc(OC(=O)CCCC)c1OC(=O)CCCC. The third kappa shape index (κ3) is 8.87. The lowest BCUT2D eigenvalue weighted by Gasteiger charge is -2.24. The van der Waals surface area contributed by atoms with E-state index >= 15 is 0 Å². The van der Waals surface area contributed by atoms with Gasteiger partial charge in [-0.15, -0.1) is 0 Å². The standard InChI is InChI=1S/C33H40N4O10/c1-5-8-16-25(38)45-23-19-22(20-24(46-26(39)17-9-6-2)29(23)47-27(40)18-10-7-3)36(33(43)44)28-30(34)37(21-14-12-11-13-15-21)32(42)35(4)31(28)41/h11-15,19-20H,5-10,16-18,34H2,1-4H3,(H,43,44). The minimum absolute atomic E-state index is 0.000446. The number of ether oxygens (including phenoxy) is 3. The molecule has 1 aromatic heterocycles. The number of esters is 3. The molecule has 0 fully saturated rings. The Hall–Kier alpha value is -5.40. The van der Waals surface area contributed by atoms with E-state index in [2.05, 4.69) is 0 Å². The number of aromatic nitrogens is 2. The van der Waals surface area contributed by atoms with Crippen LogP contribution in [0.3, 0.4) is 0 Å². The van der Waals surface area contributed by atoms with Crippen LogP contribution in [-0.2, 0) is 21.4 Å². The summed E-state index contributed by atoms with van der Waals surface area (Å²) in [6, 6.07) is 10.1. The molecule has 0 radical (unpaired) electrons. The van der Waals surface area contributed by atoms with Crippen LogP contribution in [0.25, 0.3) is 5.69 Å². The number of benzene rings is 2. The van der Waals surface area contributed by atoms with E-state index in [1.807, 2.05) is 20.8 Å². The van der Waals surface area contributed by atoms with Crippen molar-refractivity contribution < 1.29 is 38.5 Å². The van der Waals surface area contributed by atoms with E-state index < -0.39 is 64.0 Å². The molecule has 2 aromatic carbocycles. The topological polar surface area (TPSA) is 189 Å². The van der Waals surface area contributed by atoms with E-state index in [4.69, 9.17) is 19.9 Å². The molecule has 3 aromatic rings. The van der Waals surface area contributed by atoms with Crippen LogP contribution < -0.4 is 36.1 Å². The van der Waals surface area contributed by atoms with Crippen LogP contribution in [0.15, 0.2) is 52.1 Å². The predicted molar refractivity (Wildman–Crippen MR) is 174 cm³/mol. The van der Waals surface area contributed by atoms with E-state index in [1.54, 1.807) is 30.3 Å². The molecule has 47 heavy (non-hydrogen) atoms. The zero-order valence-electron chi connectivity index (χ0n) is 26.9. The second-order valence-corrected chi connectivity index (χ2v) is 10.7. The van der Waals surface area contributed by atoms with E-state index in [0.29, 0.717) is 48.0 Å². The summed E-state index contributed by atoms with van der Waals surface area (Å²) in [6.07, 6.45) is 1.69. The molecule has 1 amide bonds. The van der Waals surface area contributed by atoms with Gasteiger partial charge < -0.3 is 25.1 Å². The van der Waals surface area contributed by atoms with Crippen molar-refractivity contribution in [3.05, 3.63) is 63.3 Å². The monoisotopic (exact) mass is 652 g/mol. The summed E-state index contributed by atoms with van der Waals surface area (Å²) < 4.78 is 18.3. The average Bonchev–Trinajstić information content (AvgIpc) is 3.04. The molecule has 3 rings (SSSR count). The average molecular weight is 653 g/mol. The van der Waals surface area contributed by atoms with Crippen molar-refractivity contribution in [2.75, 3.05) is 10.6 Å². The zero-order chi connectivity index (χ0) is 34.7. The predicted octanol–water partition coefficient (Wildman–Crippen LogP) is 5.22. The summed E-state index contributed by atoms with van der Waals surface area (Å²) in [5, 5.41) is 10.5. The molecule has 0 bridgehead atoms. The number of hydrogen-bond donors (Lipinski definition) is 2. The molecular formula is C33H40N4O10. The summed E-state index contributed by atoms with van der Waals surface area (Å²) in [6.45, 7) is 5.61. The fourth-order valence-corrected chi connectivity index (χ4v) is 4.51. The van der Waals surface area contributed by atoms with Gasteiger partial charge in [-0.1, -0.05) is 58.2 Å². The number of carbonyl (C=O) groups is 4. The molecule has 0 aliphatic heterocycles. The van der Waals surface area contributed by atoms with Crippen LogP contribution in [0.1, 0.15) is 78.6 Å². The zero-order valence-corrected chi connectivity index (χ0v) is 26.9. The van der Waals surface area contributed by atoms with Gasteiger partial charge in [-0.25, -0.2) is 19.1 Å². The number of carbonyl (C=O) groups excluding carboxylic acids is 3. The van der Waals surface area contributed by atoms with Crippen molar-refractivity contribution in [2.45, 2.75) is 78.6 Å². The van der Waals surface area contributed by atoms with E-state index in [0.717, 1.165) is 23.7 Å². The first kappa shape index (κ1) is 36.1. The van der Waals surface area contributed by atoms with Gasteiger partial charge in [-0.3, -0.25) is 23.7 Å². The van der Waals surface area contributed by atoms with Crippen molar-refractivity contribution in [2.24, 2.45) is 7.05 Å². The Morgan fingerprint density at radius 2 is 1.26 bits per heavy atom. The molecule has 0 spiro atoms. The van der Waals surface area contributed by atoms with Gasteiger partial charge in [0.25, 0.3) is 5.56 Å². The molecule has 0 saturated heterocycles. The largest absolute Gasteiger partial charge is 0.464 e. The van der Waals surface area contributed by atoms with E-state index in [-0.39, 0.29) is 30.6 Å². The fourth-order valence-electron chi connectivity index (χ4n) is 4.51. The molecule has 252 valence electrons. The van der Waals surface area contributed by atoms with Crippen LogP contribution in [0.5, 0.6) is 17.2 Å². The minimum atomic E-state index is -1.72. The summed E-state index contributed by atoms with van der Waals surface area (Å²) in [4.78, 5) is 78.5. The summed E-state index contributed by atoms with van der Waals surface area (Å²) >= 11 is 0. The van der Waals surface area contributed by atoms with Crippen LogP contribution in [-0.4, -0.2) is 38.2 Å². The minimum Gasteiger partial charge on any atom is -0.464 e. The first-order valence-corrected chi connectivity index (χ1v) is 15.4. The Morgan fingerprint density at radius 1 is 0.787 bits per heavy atom. The van der Waals surface area contributed by atoms with Gasteiger partial charge in [0.1, 0.15) is 5.82 Å². The molecule has 14 nitrogen and oxygen atoms in total. The van der Waals surface area contributed by atoms with Gasteiger partial charge in [-0.05, 0) is 31.4 Å². The van der Waals surface area contributed by atoms with Crippen molar-refractivity contribution in [1.29, 1.82) is 0 Å². The lowest BCUT2D eigenvalue weighted by molar-refractivity contribution is -0.138. The number of carboxylic acid groups (broad SMARTS) is 1. The maximum absolute atomic E-state index is 13.5. The van der Waals surface area contributed by atoms with Crippen LogP contribution in [0.4, 0.5) is 22.0 Å². The quantitative estimate of drug-likeness (QED) is 0.162. The van der Waals surface area contributed by atoms with Crippen LogP contribution in [0, 0.1) is 0 Å². The second-order valence-electron chi connectivity index (χ2n) is 10.7. The highest BCUT2D eigenvalue weighted by atomic mass is 16.6. The van der Waals surface area contributed by atoms with Crippen molar-refractivity contribution in [3.63, 3.8) is 0 Å². The highest BCUT2D eigenvalue weighted by Gasteiger charge is 2.31. The van der Waals surface area contributed by atoms with Gasteiger partial charge in [0.15, 0.2) is 17.2 Å². The van der Waals surface area contributed by atoms with Crippen LogP contribution in [0.2, 0.25) is 0 Å². The Bertz CT molecular complexity index is 1690. The molecule has 14 heteroatoms. The summed E-state index contributed by atoms with van der Waals surface area (Å²) in [5.74, 6) is -3.94. The third-order valence-corrected chi connectivity index (χ3v) is 7.03. The fraction of sp³-hybridized carbons (Fsp3) is 0.394. The number of nitrogens with two attached hydrogens (primary N) is 1. The molecular weight excluding hydrogens is 612 g/mol. The number of unbranched alkanes of at least 4 members (excludes halogenated alkanes) is 3. The molecule has 3 N–H and O–H groups in total. The number of nitrogens with zero attached hydrogens (tertiary/aromatic N) is 3. The lowest BCUT2D eigenvalue weighted by Crippen LogP contribution is -2.43. The number of nitrogen functional groups attached to an aromatic ring is 1. The van der Waals surface area contributed by atoms with E-state index in [1.165, 1.54) is 0 Å². The van der Waals surface area contributed by atoms with Gasteiger partial charge in [-0.2, -0.15) is 0 Å². The van der Waals surface area contributed by atoms with Crippen molar-refractivity contribution in [1.82, 2.24) is 9.13 Å². The molecule has 0 unspecified atom stereocenters. The third-order valence-electron chi connectivity index (χ3n) is 7.03. The summed E-state index contributed by atoms with van der Waals surface area (Å²) in [5.41, 5.74) is 3.72. The van der Waals surface area contributed by atoms with Gasteiger partial charge in [0.2, 0.25) is 5.75 Å². The van der Waals surface area contributed by atoms with Crippen molar-refractivity contribution >= 4 is 41.2 Å². The second kappa shape index (κ2) is 16.8. The number of hydrogen-bond acceptors (Lipinski definition) is 10. The Morgan fingerprint density at radius 3 is 1.70 bits per heavy atom. The highest BCUT2D eigenvalue weighted by Crippen LogP contribution is 2.44. The first-order valence-electron chi connectivity index (χ1n) is 15.4. The molecule has 0 aliphatic carbocycles. The Labute approximate surface area is 271 Å². The lowest BCUT2D eigenvalue weighted by atomic mass is 10.2. The molecule has 0 aliphatic rings.